The molecule has 1 aliphatic rings. The van der Waals surface area contributed by atoms with Gasteiger partial charge in [-0.05, 0) is 49.8 Å². The van der Waals surface area contributed by atoms with Crippen molar-refractivity contribution in [3.05, 3.63) is 29.3 Å². The SMILES string of the molecule is COC(=O)c1ccc(C)c(NC2CCC(C)C2)c1. The number of nitrogens with one attached hydrogen (secondary N) is 1. The van der Waals surface area contributed by atoms with Gasteiger partial charge in [0.1, 0.15) is 0 Å². The number of rotatable bonds is 3. The highest BCUT2D eigenvalue weighted by molar-refractivity contribution is 5.90. The zero-order chi connectivity index (χ0) is 13.1. The molecule has 98 valence electrons. The second-order valence-electron chi connectivity index (χ2n) is 5.28. The second-order valence-corrected chi connectivity index (χ2v) is 5.28. The van der Waals surface area contributed by atoms with E-state index in [9.17, 15) is 4.79 Å². The van der Waals surface area contributed by atoms with Crippen molar-refractivity contribution in [2.24, 2.45) is 5.92 Å². The van der Waals surface area contributed by atoms with E-state index in [1.165, 1.54) is 31.9 Å². The molecule has 1 saturated carbocycles. The topological polar surface area (TPSA) is 38.3 Å². The Morgan fingerprint density at radius 2 is 2.17 bits per heavy atom. The van der Waals surface area contributed by atoms with Crippen LogP contribution in [0.15, 0.2) is 18.2 Å². The molecule has 0 radical (unpaired) electrons. The molecule has 2 rings (SSSR count). The zero-order valence-electron chi connectivity index (χ0n) is 11.3. The van der Waals surface area contributed by atoms with E-state index in [2.05, 4.69) is 19.2 Å². The maximum absolute atomic E-state index is 11.5. The first kappa shape index (κ1) is 12.9. The van der Waals surface area contributed by atoms with Crippen molar-refractivity contribution in [1.29, 1.82) is 0 Å². The Kier molecular flexibility index (Phi) is 3.90. The fraction of sp³-hybridized carbons (Fsp3) is 0.533. The van der Waals surface area contributed by atoms with Gasteiger partial charge in [-0.25, -0.2) is 4.79 Å². The summed E-state index contributed by atoms with van der Waals surface area (Å²) in [6.45, 7) is 4.35. The highest BCUT2D eigenvalue weighted by atomic mass is 16.5. The van der Waals surface area contributed by atoms with E-state index in [0.717, 1.165) is 11.6 Å². The van der Waals surface area contributed by atoms with E-state index in [1.54, 1.807) is 0 Å². The Morgan fingerprint density at radius 1 is 1.39 bits per heavy atom. The standard InChI is InChI=1S/C15H21NO2/c1-10-4-7-13(8-10)16-14-9-12(15(17)18-3)6-5-11(14)2/h5-6,9-10,13,16H,4,7-8H2,1-3H3. The van der Waals surface area contributed by atoms with Crippen molar-refractivity contribution in [3.63, 3.8) is 0 Å². The van der Waals surface area contributed by atoms with Crippen molar-refractivity contribution >= 4 is 11.7 Å². The van der Waals surface area contributed by atoms with Gasteiger partial charge in [0.25, 0.3) is 0 Å². The van der Waals surface area contributed by atoms with Gasteiger partial charge in [-0.1, -0.05) is 13.0 Å². The lowest BCUT2D eigenvalue weighted by atomic mass is 10.1. The molecular formula is C15H21NO2. The number of benzene rings is 1. The molecular weight excluding hydrogens is 226 g/mol. The van der Waals surface area contributed by atoms with Crippen LogP contribution < -0.4 is 5.32 Å². The highest BCUT2D eigenvalue weighted by Crippen LogP contribution is 2.29. The Balaban J connectivity index is 2.13. The van der Waals surface area contributed by atoms with Gasteiger partial charge >= 0.3 is 5.97 Å². The first-order chi connectivity index (χ1) is 8.60. The third kappa shape index (κ3) is 2.84. The number of carbonyl (C=O) groups excluding carboxylic acids is 1. The highest BCUT2D eigenvalue weighted by Gasteiger charge is 2.21. The summed E-state index contributed by atoms with van der Waals surface area (Å²) in [4.78, 5) is 11.5. The number of anilines is 1. The number of ether oxygens (including phenoxy) is 1. The molecule has 1 aromatic carbocycles. The maximum Gasteiger partial charge on any atom is 0.337 e. The molecule has 1 aromatic rings. The predicted molar refractivity (Wildman–Crippen MR) is 72.9 cm³/mol. The number of methoxy groups -OCH3 is 1. The van der Waals surface area contributed by atoms with E-state index in [0.29, 0.717) is 11.6 Å². The van der Waals surface area contributed by atoms with Crippen molar-refractivity contribution in [2.45, 2.75) is 39.2 Å². The number of hydrogen-bond acceptors (Lipinski definition) is 3. The first-order valence-electron chi connectivity index (χ1n) is 6.55. The molecule has 0 saturated heterocycles. The van der Waals surface area contributed by atoms with Gasteiger partial charge in [0, 0.05) is 11.7 Å². The van der Waals surface area contributed by atoms with Crippen LogP contribution in [0.4, 0.5) is 5.69 Å². The summed E-state index contributed by atoms with van der Waals surface area (Å²) in [5.74, 6) is 0.518. The van der Waals surface area contributed by atoms with Gasteiger partial charge in [-0.2, -0.15) is 0 Å². The monoisotopic (exact) mass is 247 g/mol. The van der Waals surface area contributed by atoms with Crippen LogP contribution in [0.2, 0.25) is 0 Å². The Hall–Kier alpha value is -1.51. The number of esters is 1. The van der Waals surface area contributed by atoms with Crippen molar-refractivity contribution in [1.82, 2.24) is 0 Å². The van der Waals surface area contributed by atoms with Crippen LogP contribution in [0.25, 0.3) is 0 Å². The average molecular weight is 247 g/mol. The summed E-state index contributed by atoms with van der Waals surface area (Å²) in [7, 11) is 1.41. The lowest BCUT2D eigenvalue weighted by molar-refractivity contribution is 0.0601. The first-order valence-corrected chi connectivity index (χ1v) is 6.55. The molecule has 0 spiro atoms. The summed E-state index contributed by atoms with van der Waals surface area (Å²) >= 11 is 0. The van der Waals surface area contributed by atoms with E-state index in [4.69, 9.17) is 4.74 Å². The summed E-state index contributed by atoms with van der Waals surface area (Å²) in [5.41, 5.74) is 2.83. The second kappa shape index (κ2) is 5.42. The molecule has 0 amide bonds. The van der Waals surface area contributed by atoms with Gasteiger partial charge in [-0.15, -0.1) is 0 Å². The smallest absolute Gasteiger partial charge is 0.337 e. The lowest BCUT2D eigenvalue weighted by Crippen LogP contribution is -2.16. The van der Waals surface area contributed by atoms with Gasteiger partial charge < -0.3 is 10.1 Å². The lowest BCUT2D eigenvalue weighted by Gasteiger charge is -2.16. The van der Waals surface area contributed by atoms with Gasteiger partial charge in [0.05, 0.1) is 12.7 Å². The molecule has 3 nitrogen and oxygen atoms in total. The van der Waals surface area contributed by atoms with E-state index < -0.39 is 0 Å². The minimum absolute atomic E-state index is 0.280. The molecule has 0 aromatic heterocycles. The Bertz CT molecular complexity index is 442. The third-order valence-corrected chi connectivity index (χ3v) is 3.71. The van der Waals surface area contributed by atoms with Gasteiger partial charge in [-0.3, -0.25) is 0 Å². The van der Waals surface area contributed by atoms with E-state index >= 15 is 0 Å². The van der Waals surface area contributed by atoms with Gasteiger partial charge in [0.2, 0.25) is 0 Å². The van der Waals surface area contributed by atoms with E-state index in [-0.39, 0.29) is 5.97 Å². The summed E-state index contributed by atoms with van der Waals surface area (Å²) < 4.78 is 4.75. The van der Waals surface area contributed by atoms with Crippen LogP contribution in [0, 0.1) is 12.8 Å². The molecule has 2 atom stereocenters. The molecule has 0 aliphatic heterocycles. The minimum atomic E-state index is -0.280. The molecule has 2 unspecified atom stereocenters. The normalized spacial score (nSPS) is 22.8. The molecule has 18 heavy (non-hydrogen) atoms. The molecule has 0 heterocycles. The predicted octanol–water partition coefficient (Wildman–Crippen LogP) is 3.38. The number of aryl methyl sites for hydroxylation is 1. The Labute approximate surface area is 109 Å². The molecule has 1 N–H and O–H groups in total. The fourth-order valence-electron chi connectivity index (χ4n) is 2.58. The molecule has 3 heteroatoms. The summed E-state index contributed by atoms with van der Waals surface area (Å²) in [6.07, 6.45) is 3.71. The molecule has 1 fully saturated rings. The van der Waals surface area contributed by atoms with Crippen LogP contribution in [-0.2, 0) is 4.74 Å². The van der Waals surface area contributed by atoms with Crippen LogP contribution in [-0.4, -0.2) is 19.1 Å². The van der Waals surface area contributed by atoms with Crippen molar-refractivity contribution in [2.75, 3.05) is 12.4 Å². The van der Waals surface area contributed by atoms with Crippen molar-refractivity contribution in [3.8, 4) is 0 Å². The van der Waals surface area contributed by atoms with Crippen LogP contribution >= 0.6 is 0 Å². The van der Waals surface area contributed by atoms with Crippen molar-refractivity contribution < 1.29 is 9.53 Å². The van der Waals surface area contributed by atoms with Crippen LogP contribution in [0.3, 0.4) is 0 Å². The largest absolute Gasteiger partial charge is 0.465 e. The van der Waals surface area contributed by atoms with Crippen LogP contribution in [0.1, 0.15) is 42.1 Å². The quantitative estimate of drug-likeness (QED) is 0.832. The molecule has 1 aliphatic carbocycles. The summed E-state index contributed by atoms with van der Waals surface area (Å²) in [6, 6.07) is 6.20. The summed E-state index contributed by atoms with van der Waals surface area (Å²) in [5, 5.41) is 3.55. The van der Waals surface area contributed by atoms with Gasteiger partial charge in [0.15, 0.2) is 0 Å². The third-order valence-electron chi connectivity index (χ3n) is 3.71. The fourth-order valence-corrected chi connectivity index (χ4v) is 2.58. The zero-order valence-corrected chi connectivity index (χ0v) is 11.3. The van der Waals surface area contributed by atoms with Crippen LogP contribution in [0.5, 0.6) is 0 Å². The minimum Gasteiger partial charge on any atom is -0.465 e. The Morgan fingerprint density at radius 3 is 2.78 bits per heavy atom. The molecule has 0 bridgehead atoms. The average Bonchev–Trinajstić information content (AvgIpc) is 2.76. The maximum atomic E-state index is 11.5. The van der Waals surface area contributed by atoms with E-state index in [1.807, 2.05) is 18.2 Å². The number of carbonyl (C=O) groups is 1. The number of hydrogen-bond donors (Lipinski definition) is 1.